The van der Waals surface area contributed by atoms with Crippen molar-refractivity contribution in [3.8, 4) is 0 Å². The Morgan fingerprint density at radius 1 is 0.478 bits per heavy atom. The van der Waals surface area contributed by atoms with E-state index in [9.17, 15) is 0 Å². The van der Waals surface area contributed by atoms with Crippen LogP contribution in [0.5, 0.6) is 0 Å². The fraction of sp³-hybridized carbons (Fsp3) is 1.00. The van der Waals surface area contributed by atoms with E-state index in [2.05, 4.69) is 27.7 Å². The monoisotopic (exact) mass is 330 g/mol. The van der Waals surface area contributed by atoms with Crippen LogP contribution in [0.15, 0.2) is 0 Å². The second-order valence-corrected chi connectivity index (χ2v) is 5.61. The van der Waals surface area contributed by atoms with Crippen molar-refractivity contribution in [2.45, 2.75) is 79.1 Å². The molecule has 0 amide bonds. The highest BCUT2D eigenvalue weighted by molar-refractivity contribution is 6.51. The smallest absolute Gasteiger partial charge is 0.399 e. The van der Waals surface area contributed by atoms with Crippen LogP contribution in [0.4, 0.5) is 0 Å². The molecule has 0 aromatic rings. The summed E-state index contributed by atoms with van der Waals surface area (Å²) in [6, 6.07) is 0. The van der Waals surface area contributed by atoms with Gasteiger partial charge in [0, 0.05) is 26.4 Å². The van der Waals surface area contributed by atoms with Crippen LogP contribution in [0, 0.1) is 0 Å². The van der Waals surface area contributed by atoms with Crippen LogP contribution in [0.3, 0.4) is 0 Å². The summed E-state index contributed by atoms with van der Waals surface area (Å²) in [5, 5.41) is 0. The molecule has 0 radical (unpaired) electrons. The Kier molecular flexibility index (Phi) is 18.2. The van der Waals surface area contributed by atoms with Gasteiger partial charge in [-0.2, -0.15) is 0 Å². The Morgan fingerprint density at radius 2 is 0.739 bits per heavy atom. The Bertz CT molecular complexity index is 193. The number of hydrogen-bond donors (Lipinski definition) is 0. The molecule has 0 unspecified atom stereocenters. The van der Waals surface area contributed by atoms with Crippen molar-refractivity contribution in [1.29, 1.82) is 0 Å². The molecule has 0 aromatic heterocycles. The first-order valence-electron chi connectivity index (χ1n) is 9.40. The Morgan fingerprint density at radius 3 is 0.957 bits per heavy atom. The van der Waals surface area contributed by atoms with Gasteiger partial charge in [0.15, 0.2) is 0 Å². The quantitative estimate of drug-likeness (QED) is 0.278. The van der Waals surface area contributed by atoms with E-state index in [1.165, 1.54) is 0 Å². The maximum Gasteiger partial charge on any atom is 0.627 e. The number of hydrogen-bond acceptors (Lipinski definition) is 5. The predicted molar refractivity (Wildman–Crippen MR) is 96.0 cm³/mol. The molecular formula is C16H36B2O5. The molecule has 0 saturated heterocycles. The average molecular weight is 330 g/mol. The normalized spacial score (nSPS) is 11.0. The lowest BCUT2D eigenvalue weighted by atomic mass is 10.1. The second-order valence-electron chi connectivity index (χ2n) is 5.61. The van der Waals surface area contributed by atoms with Gasteiger partial charge in [-0.1, -0.05) is 53.4 Å². The molecule has 136 valence electrons. The van der Waals surface area contributed by atoms with Crippen LogP contribution in [-0.4, -0.2) is 41.1 Å². The minimum atomic E-state index is -0.721. The number of rotatable bonds is 18. The topological polar surface area (TPSA) is 46.2 Å². The van der Waals surface area contributed by atoms with Crippen LogP contribution in [0.1, 0.15) is 79.1 Å². The van der Waals surface area contributed by atoms with E-state index < -0.39 is 14.6 Å². The van der Waals surface area contributed by atoms with Crippen molar-refractivity contribution in [1.82, 2.24) is 0 Å². The van der Waals surface area contributed by atoms with Crippen LogP contribution in [0.25, 0.3) is 0 Å². The van der Waals surface area contributed by atoms with Crippen molar-refractivity contribution in [2.24, 2.45) is 0 Å². The van der Waals surface area contributed by atoms with Crippen LogP contribution >= 0.6 is 0 Å². The van der Waals surface area contributed by atoms with Crippen molar-refractivity contribution < 1.29 is 23.2 Å². The van der Waals surface area contributed by atoms with Gasteiger partial charge in [-0.15, -0.1) is 0 Å². The molecule has 0 bridgehead atoms. The zero-order valence-electron chi connectivity index (χ0n) is 15.7. The highest BCUT2D eigenvalue weighted by atomic mass is 16.8. The Labute approximate surface area is 144 Å². The summed E-state index contributed by atoms with van der Waals surface area (Å²) in [4.78, 5) is 0. The Balaban J connectivity index is 4.31. The summed E-state index contributed by atoms with van der Waals surface area (Å²) >= 11 is 0. The molecule has 0 aliphatic heterocycles. The third kappa shape index (κ3) is 15.2. The van der Waals surface area contributed by atoms with Gasteiger partial charge in [-0.25, -0.2) is 0 Å². The summed E-state index contributed by atoms with van der Waals surface area (Å²) in [7, 11) is -1.44. The van der Waals surface area contributed by atoms with Gasteiger partial charge in [0.2, 0.25) is 0 Å². The van der Waals surface area contributed by atoms with E-state index in [1.807, 2.05) is 0 Å². The molecule has 7 heteroatoms. The molecule has 0 aromatic carbocycles. The van der Waals surface area contributed by atoms with Gasteiger partial charge in [0.05, 0.1) is 0 Å². The van der Waals surface area contributed by atoms with Crippen LogP contribution in [0.2, 0.25) is 0 Å². The van der Waals surface area contributed by atoms with E-state index in [-0.39, 0.29) is 0 Å². The maximum atomic E-state index is 5.75. The first-order valence-corrected chi connectivity index (χ1v) is 9.40. The fourth-order valence-electron chi connectivity index (χ4n) is 1.64. The molecule has 0 spiro atoms. The zero-order valence-corrected chi connectivity index (χ0v) is 15.7. The lowest BCUT2D eigenvalue weighted by molar-refractivity contribution is 0.0805. The van der Waals surface area contributed by atoms with E-state index in [4.69, 9.17) is 23.2 Å². The van der Waals surface area contributed by atoms with Crippen LogP contribution in [-0.2, 0) is 23.2 Å². The van der Waals surface area contributed by atoms with Crippen LogP contribution < -0.4 is 0 Å². The molecule has 0 saturated carbocycles. The summed E-state index contributed by atoms with van der Waals surface area (Å²) in [5.41, 5.74) is 0. The summed E-state index contributed by atoms with van der Waals surface area (Å²) in [5.74, 6) is 0. The number of unbranched alkanes of at least 4 members (excludes halogenated alkanes) is 4. The molecule has 0 atom stereocenters. The van der Waals surface area contributed by atoms with E-state index in [0.29, 0.717) is 26.4 Å². The second kappa shape index (κ2) is 18.3. The fourth-order valence-corrected chi connectivity index (χ4v) is 1.64. The zero-order chi connectivity index (χ0) is 17.2. The van der Waals surface area contributed by atoms with E-state index >= 15 is 0 Å². The minimum absolute atomic E-state index is 0.615. The summed E-state index contributed by atoms with van der Waals surface area (Å²) < 4.78 is 28.4. The molecule has 0 fully saturated rings. The molecule has 0 N–H and O–H groups in total. The van der Waals surface area contributed by atoms with E-state index in [0.717, 1.165) is 51.4 Å². The third-order valence-electron chi connectivity index (χ3n) is 3.23. The Hall–Kier alpha value is -0.0701. The van der Waals surface area contributed by atoms with Gasteiger partial charge in [0.25, 0.3) is 0 Å². The van der Waals surface area contributed by atoms with Gasteiger partial charge in [-0.05, 0) is 25.7 Å². The van der Waals surface area contributed by atoms with E-state index in [1.54, 1.807) is 0 Å². The SMILES string of the molecule is CCCCOB(OCCCC)OB(OCCCC)OCCCC. The molecule has 23 heavy (non-hydrogen) atoms. The van der Waals surface area contributed by atoms with Crippen molar-refractivity contribution in [2.75, 3.05) is 26.4 Å². The highest BCUT2D eigenvalue weighted by Crippen LogP contribution is 2.05. The van der Waals surface area contributed by atoms with Crippen molar-refractivity contribution in [3.63, 3.8) is 0 Å². The molecule has 0 aliphatic carbocycles. The predicted octanol–water partition coefficient (Wildman–Crippen LogP) is 4.24. The molecule has 5 nitrogen and oxygen atoms in total. The molecular weight excluding hydrogens is 294 g/mol. The van der Waals surface area contributed by atoms with Gasteiger partial charge in [-0.3, -0.25) is 0 Å². The minimum Gasteiger partial charge on any atom is -0.399 e. The van der Waals surface area contributed by atoms with Crippen molar-refractivity contribution in [3.05, 3.63) is 0 Å². The standard InChI is InChI=1S/C16H36B2O5/c1-5-9-13-19-17(20-14-10-6-2)23-18(21-15-11-7-3)22-16-12-8-4/h5-16H2,1-4H3. The first-order chi connectivity index (χ1) is 11.3. The lowest BCUT2D eigenvalue weighted by Gasteiger charge is -2.19. The van der Waals surface area contributed by atoms with Gasteiger partial charge < -0.3 is 23.2 Å². The van der Waals surface area contributed by atoms with Crippen molar-refractivity contribution >= 4 is 14.6 Å². The lowest BCUT2D eigenvalue weighted by Crippen LogP contribution is -2.39. The molecule has 0 rings (SSSR count). The first kappa shape index (κ1) is 22.9. The van der Waals surface area contributed by atoms with Gasteiger partial charge >= 0.3 is 14.6 Å². The molecule has 0 aliphatic rings. The largest absolute Gasteiger partial charge is 0.627 e. The summed E-state index contributed by atoms with van der Waals surface area (Å²) in [6.07, 6.45) is 8.22. The highest BCUT2D eigenvalue weighted by Gasteiger charge is 2.32. The van der Waals surface area contributed by atoms with Gasteiger partial charge in [0.1, 0.15) is 0 Å². The maximum absolute atomic E-state index is 5.75. The third-order valence-corrected chi connectivity index (χ3v) is 3.23. The molecule has 0 heterocycles. The summed E-state index contributed by atoms with van der Waals surface area (Å²) in [6.45, 7) is 11.0. The average Bonchev–Trinajstić information content (AvgIpc) is 2.55.